The van der Waals surface area contributed by atoms with Gasteiger partial charge in [-0.1, -0.05) is 17.7 Å². The zero-order chi connectivity index (χ0) is 18.8. The Labute approximate surface area is 162 Å². The molecule has 0 radical (unpaired) electrons. The molecule has 0 atom stereocenters. The molecule has 146 valence electrons. The maximum atomic E-state index is 5.85. The summed E-state index contributed by atoms with van der Waals surface area (Å²) >= 11 is 1.92. The van der Waals surface area contributed by atoms with Crippen molar-refractivity contribution < 1.29 is 9.47 Å². The number of hydrogen-bond acceptors (Lipinski definition) is 4. The number of ether oxygens (including phenoxy) is 2. The van der Waals surface area contributed by atoms with E-state index in [2.05, 4.69) is 49.5 Å². The van der Waals surface area contributed by atoms with Gasteiger partial charge in [-0.25, -0.2) is 0 Å². The number of nitrogens with one attached hydrogen (secondary N) is 1. The molecule has 5 nitrogen and oxygen atoms in total. The Hall–Kier alpha value is -1.40. The molecule has 0 aliphatic carbocycles. The predicted octanol–water partition coefficient (Wildman–Crippen LogP) is 3.18. The smallest absolute Gasteiger partial charge is 0.193 e. The van der Waals surface area contributed by atoms with Crippen molar-refractivity contribution in [2.45, 2.75) is 31.4 Å². The van der Waals surface area contributed by atoms with Crippen molar-refractivity contribution >= 4 is 17.7 Å². The van der Waals surface area contributed by atoms with Crippen LogP contribution in [0, 0.1) is 6.92 Å². The van der Waals surface area contributed by atoms with Crippen LogP contribution in [-0.4, -0.2) is 68.4 Å². The number of aliphatic imine (C=N–C) groups is 1. The zero-order valence-electron chi connectivity index (χ0n) is 16.6. The largest absolute Gasteiger partial charge is 0.492 e. The maximum absolute atomic E-state index is 5.85. The zero-order valence-corrected chi connectivity index (χ0v) is 17.4. The molecule has 1 heterocycles. The van der Waals surface area contributed by atoms with Crippen LogP contribution in [0.1, 0.15) is 25.3 Å². The van der Waals surface area contributed by atoms with Crippen LogP contribution >= 0.6 is 11.8 Å². The van der Waals surface area contributed by atoms with E-state index in [1.165, 1.54) is 5.56 Å². The molecule has 6 heteroatoms. The van der Waals surface area contributed by atoms with Crippen LogP contribution in [0.5, 0.6) is 5.75 Å². The summed E-state index contributed by atoms with van der Waals surface area (Å²) in [5.74, 6) is 1.86. The van der Waals surface area contributed by atoms with Gasteiger partial charge in [0.1, 0.15) is 12.4 Å². The third kappa shape index (κ3) is 6.40. The quantitative estimate of drug-likeness (QED) is 0.555. The summed E-state index contributed by atoms with van der Waals surface area (Å²) in [4.78, 5) is 7.06. The Kier molecular flexibility index (Phi) is 8.59. The van der Waals surface area contributed by atoms with Crippen LogP contribution < -0.4 is 10.1 Å². The van der Waals surface area contributed by atoms with E-state index in [9.17, 15) is 0 Å². The highest BCUT2D eigenvalue weighted by Gasteiger charge is 2.31. The number of benzene rings is 1. The molecular formula is C20H33N3O2S. The molecule has 0 bridgehead atoms. The third-order valence-electron chi connectivity index (χ3n) is 4.77. The van der Waals surface area contributed by atoms with Gasteiger partial charge in [-0.2, -0.15) is 11.8 Å². The normalized spacial score (nSPS) is 17.0. The molecule has 1 aliphatic rings. The SMILES string of the molecule is CCNC(=NCC1(SC)CCOCC1)N(C)CCOc1ccc(C)cc1. The molecular weight excluding hydrogens is 346 g/mol. The van der Waals surface area contributed by atoms with Crippen molar-refractivity contribution in [3.05, 3.63) is 29.8 Å². The second-order valence-electron chi connectivity index (χ2n) is 6.75. The van der Waals surface area contributed by atoms with Crippen LogP contribution in [0.25, 0.3) is 0 Å². The van der Waals surface area contributed by atoms with Crippen LogP contribution in [0.3, 0.4) is 0 Å². The Bertz CT molecular complexity index is 557. The standard InChI is InChI=1S/C20H33N3O2S/c1-5-21-19(22-16-20(26-4)10-13-24-14-11-20)23(3)12-15-25-18-8-6-17(2)7-9-18/h6-9H,5,10-16H2,1-4H3,(H,21,22). The molecule has 1 aromatic rings. The van der Waals surface area contributed by atoms with Gasteiger partial charge >= 0.3 is 0 Å². The molecule has 1 saturated heterocycles. The molecule has 0 unspecified atom stereocenters. The van der Waals surface area contributed by atoms with Crippen molar-refractivity contribution in [3.63, 3.8) is 0 Å². The van der Waals surface area contributed by atoms with Crippen molar-refractivity contribution in [2.75, 3.05) is 52.8 Å². The first kappa shape index (κ1) is 20.9. The van der Waals surface area contributed by atoms with Crippen LogP contribution in [0.2, 0.25) is 0 Å². The first-order chi connectivity index (χ1) is 12.6. The number of likely N-dealkylation sites (N-methyl/N-ethyl adjacent to an activating group) is 1. The van der Waals surface area contributed by atoms with E-state index in [4.69, 9.17) is 14.5 Å². The van der Waals surface area contributed by atoms with E-state index in [1.807, 2.05) is 23.9 Å². The average molecular weight is 380 g/mol. The van der Waals surface area contributed by atoms with E-state index in [-0.39, 0.29) is 4.75 Å². The fourth-order valence-electron chi connectivity index (χ4n) is 2.90. The molecule has 0 spiro atoms. The summed E-state index contributed by atoms with van der Waals surface area (Å²) in [5, 5.41) is 3.40. The number of aryl methyl sites for hydroxylation is 1. The van der Waals surface area contributed by atoms with Crippen LogP contribution in [0.4, 0.5) is 0 Å². The Morgan fingerprint density at radius 3 is 2.62 bits per heavy atom. The number of nitrogens with zero attached hydrogens (tertiary/aromatic N) is 2. The Morgan fingerprint density at radius 1 is 1.31 bits per heavy atom. The second kappa shape index (κ2) is 10.7. The lowest BCUT2D eigenvalue weighted by Crippen LogP contribution is -2.43. The Balaban J connectivity index is 1.88. The first-order valence-electron chi connectivity index (χ1n) is 9.40. The number of guanidine groups is 1. The lowest BCUT2D eigenvalue weighted by Gasteiger charge is -2.34. The summed E-state index contributed by atoms with van der Waals surface area (Å²) < 4.78 is 11.6. The van der Waals surface area contributed by atoms with Gasteiger partial charge in [-0.3, -0.25) is 4.99 Å². The monoisotopic (exact) mass is 379 g/mol. The van der Waals surface area contributed by atoms with Gasteiger partial charge in [0.05, 0.1) is 13.1 Å². The summed E-state index contributed by atoms with van der Waals surface area (Å²) in [6.45, 7) is 8.96. The van der Waals surface area contributed by atoms with Gasteiger partial charge in [0.25, 0.3) is 0 Å². The molecule has 2 rings (SSSR count). The minimum absolute atomic E-state index is 0.207. The molecule has 1 N–H and O–H groups in total. The topological polar surface area (TPSA) is 46.1 Å². The third-order valence-corrected chi connectivity index (χ3v) is 6.17. The highest BCUT2D eigenvalue weighted by Crippen LogP contribution is 2.34. The summed E-state index contributed by atoms with van der Waals surface area (Å²) in [6, 6.07) is 8.17. The fourth-order valence-corrected chi connectivity index (χ4v) is 3.67. The van der Waals surface area contributed by atoms with E-state index >= 15 is 0 Å². The second-order valence-corrected chi connectivity index (χ2v) is 8.03. The van der Waals surface area contributed by atoms with E-state index in [0.29, 0.717) is 6.61 Å². The van der Waals surface area contributed by atoms with Gasteiger partial charge in [0, 0.05) is 31.6 Å². The molecule has 0 aromatic heterocycles. The molecule has 1 fully saturated rings. The summed E-state index contributed by atoms with van der Waals surface area (Å²) in [6.07, 6.45) is 4.32. The predicted molar refractivity (Wildman–Crippen MR) is 112 cm³/mol. The minimum atomic E-state index is 0.207. The van der Waals surface area contributed by atoms with Crippen LogP contribution in [0.15, 0.2) is 29.3 Å². The molecule has 1 aromatic carbocycles. The first-order valence-corrected chi connectivity index (χ1v) is 10.6. The van der Waals surface area contributed by atoms with Gasteiger partial charge in [0.15, 0.2) is 5.96 Å². The van der Waals surface area contributed by atoms with E-state index < -0.39 is 0 Å². The Morgan fingerprint density at radius 2 is 2.00 bits per heavy atom. The van der Waals surface area contributed by atoms with Crippen molar-refractivity contribution in [3.8, 4) is 5.75 Å². The van der Waals surface area contributed by atoms with Crippen molar-refractivity contribution in [1.29, 1.82) is 0 Å². The fraction of sp³-hybridized carbons (Fsp3) is 0.650. The molecule has 0 amide bonds. The van der Waals surface area contributed by atoms with Crippen LogP contribution in [-0.2, 0) is 4.74 Å². The molecule has 26 heavy (non-hydrogen) atoms. The summed E-state index contributed by atoms with van der Waals surface area (Å²) in [7, 11) is 2.07. The number of rotatable bonds is 8. The summed E-state index contributed by atoms with van der Waals surface area (Å²) in [5.41, 5.74) is 1.24. The number of hydrogen-bond donors (Lipinski definition) is 1. The lowest BCUT2D eigenvalue weighted by atomic mass is 9.99. The van der Waals surface area contributed by atoms with E-state index in [1.54, 1.807) is 0 Å². The van der Waals surface area contributed by atoms with Crippen molar-refractivity contribution in [1.82, 2.24) is 10.2 Å². The highest BCUT2D eigenvalue weighted by molar-refractivity contribution is 8.00. The minimum Gasteiger partial charge on any atom is -0.492 e. The average Bonchev–Trinajstić information content (AvgIpc) is 2.67. The van der Waals surface area contributed by atoms with Gasteiger partial charge in [-0.15, -0.1) is 0 Å². The van der Waals surface area contributed by atoms with Gasteiger partial charge in [-0.05, 0) is 45.1 Å². The van der Waals surface area contributed by atoms with Gasteiger partial charge < -0.3 is 19.7 Å². The lowest BCUT2D eigenvalue weighted by molar-refractivity contribution is 0.0793. The van der Waals surface area contributed by atoms with Gasteiger partial charge in [0.2, 0.25) is 0 Å². The van der Waals surface area contributed by atoms with E-state index in [0.717, 1.165) is 57.4 Å². The molecule has 0 saturated carbocycles. The highest BCUT2D eigenvalue weighted by atomic mass is 32.2. The maximum Gasteiger partial charge on any atom is 0.193 e. The molecule has 1 aliphatic heterocycles. The number of thioether (sulfide) groups is 1. The van der Waals surface area contributed by atoms with Crippen molar-refractivity contribution in [2.24, 2.45) is 4.99 Å².